The van der Waals surface area contributed by atoms with Crippen molar-refractivity contribution in [2.45, 2.75) is 11.7 Å². The summed E-state index contributed by atoms with van der Waals surface area (Å²) in [7, 11) is 4.69. The minimum Gasteiger partial charge on any atom is -0.344 e. The Morgan fingerprint density at radius 3 is 2.28 bits per heavy atom. The molecule has 0 spiro atoms. The van der Waals surface area contributed by atoms with E-state index in [2.05, 4.69) is 5.32 Å². The molecule has 1 saturated heterocycles. The molecule has 0 bridgehead atoms. The molecule has 0 aromatic heterocycles. The van der Waals surface area contributed by atoms with Crippen LogP contribution in [0.25, 0.3) is 0 Å². The van der Waals surface area contributed by atoms with Gasteiger partial charge >= 0.3 is 0 Å². The molecule has 5 nitrogen and oxygen atoms in total. The van der Waals surface area contributed by atoms with Crippen LogP contribution in [0, 0.1) is 0 Å². The number of methoxy groups -OCH3 is 3. The Morgan fingerprint density at radius 1 is 1.06 bits per heavy atom. The summed E-state index contributed by atoms with van der Waals surface area (Å²) in [6.07, 6.45) is 0. The average molecular weight is 253 g/mol. The summed E-state index contributed by atoms with van der Waals surface area (Å²) in [5.74, 6) is -2.29. The fourth-order valence-electron chi connectivity index (χ4n) is 2.36. The zero-order valence-electron chi connectivity index (χ0n) is 10.9. The van der Waals surface area contributed by atoms with Gasteiger partial charge in [-0.25, -0.2) is 0 Å². The van der Waals surface area contributed by atoms with Crippen molar-refractivity contribution in [1.29, 1.82) is 0 Å². The molecule has 1 aliphatic rings. The Morgan fingerprint density at radius 2 is 1.72 bits per heavy atom. The lowest BCUT2D eigenvalue weighted by molar-refractivity contribution is -0.429. The largest absolute Gasteiger partial charge is 0.344 e. The molecule has 0 aliphatic carbocycles. The van der Waals surface area contributed by atoms with Crippen molar-refractivity contribution < 1.29 is 18.9 Å². The summed E-state index contributed by atoms with van der Waals surface area (Å²) >= 11 is 0. The van der Waals surface area contributed by atoms with Gasteiger partial charge in [0.1, 0.15) is 0 Å². The van der Waals surface area contributed by atoms with Gasteiger partial charge in [-0.1, -0.05) is 30.3 Å². The van der Waals surface area contributed by atoms with Gasteiger partial charge < -0.3 is 18.9 Å². The molecule has 18 heavy (non-hydrogen) atoms. The second-order valence-electron chi connectivity index (χ2n) is 3.99. The summed E-state index contributed by atoms with van der Waals surface area (Å²) in [5, 5.41) is 3.18. The Balaban J connectivity index is 2.51. The highest BCUT2D eigenvalue weighted by Crippen LogP contribution is 2.40. The van der Waals surface area contributed by atoms with Gasteiger partial charge in [0.25, 0.3) is 11.7 Å². The number of hydrogen-bond donors (Lipinski definition) is 1. The predicted octanol–water partition coefficient (Wildman–Crippen LogP) is 1.05. The lowest BCUT2D eigenvalue weighted by atomic mass is 10.00. The van der Waals surface area contributed by atoms with Crippen molar-refractivity contribution in [3.05, 3.63) is 35.9 Å². The molecule has 1 unspecified atom stereocenters. The van der Waals surface area contributed by atoms with Gasteiger partial charge in [-0.05, 0) is 0 Å². The third-order valence-corrected chi connectivity index (χ3v) is 3.21. The fraction of sp³-hybridized carbons (Fsp3) is 0.538. The number of ether oxygens (including phenoxy) is 4. The van der Waals surface area contributed by atoms with Crippen LogP contribution in [-0.2, 0) is 24.7 Å². The molecule has 1 aromatic rings. The van der Waals surface area contributed by atoms with Gasteiger partial charge in [-0.2, -0.15) is 0 Å². The molecule has 2 rings (SSSR count). The van der Waals surface area contributed by atoms with E-state index in [4.69, 9.17) is 18.9 Å². The first-order valence-electron chi connectivity index (χ1n) is 5.84. The van der Waals surface area contributed by atoms with Crippen molar-refractivity contribution in [1.82, 2.24) is 5.32 Å². The third-order valence-electron chi connectivity index (χ3n) is 3.21. The molecular weight excluding hydrogens is 234 g/mol. The molecule has 1 aliphatic heterocycles. The highest BCUT2D eigenvalue weighted by atomic mass is 16.8. The van der Waals surface area contributed by atoms with E-state index < -0.39 is 11.7 Å². The summed E-state index contributed by atoms with van der Waals surface area (Å²) in [6.45, 7) is 1.14. The van der Waals surface area contributed by atoms with E-state index in [1.807, 2.05) is 30.3 Å². The second kappa shape index (κ2) is 5.34. The van der Waals surface area contributed by atoms with Gasteiger partial charge in [-0.3, -0.25) is 5.32 Å². The Kier molecular flexibility index (Phi) is 3.99. The van der Waals surface area contributed by atoms with E-state index in [0.717, 1.165) is 5.56 Å². The van der Waals surface area contributed by atoms with Crippen molar-refractivity contribution in [3.8, 4) is 0 Å². The normalized spacial score (nSPS) is 27.1. The second-order valence-corrected chi connectivity index (χ2v) is 3.99. The highest BCUT2D eigenvalue weighted by Gasteiger charge is 2.58. The molecule has 1 atom stereocenters. The highest BCUT2D eigenvalue weighted by molar-refractivity contribution is 5.23. The van der Waals surface area contributed by atoms with E-state index in [1.54, 1.807) is 21.3 Å². The smallest absolute Gasteiger partial charge is 0.289 e. The van der Waals surface area contributed by atoms with E-state index >= 15 is 0 Å². The van der Waals surface area contributed by atoms with Crippen molar-refractivity contribution in [3.63, 3.8) is 0 Å². The topological polar surface area (TPSA) is 49.0 Å². The van der Waals surface area contributed by atoms with Crippen molar-refractivity contribution in [2.75, 3.05) is 34.5 Å². The summed E-state index contributed by atoms with van der Waals surface area (Å²) < 4.78 is 22.5. The van der Waals surface area contributed by atoms with Crippen LogP contribution >= 0.6 is 0 Å². The SMILES string of the molecule is COC1(OC)NCCOC1(OC)c1ccccc1. The van der Waals surface area contributed by atoms with Gasteiger partial charge in [0.15, 0.2) is 0 Å². The van der Waals surface area contributed by atoms with E-state index in [0.29, 0.717) is 13.2 Å². The number of benzene rings is 1. The lowest BCUT2D eigenvalue weighted by Crippen LogP contribution is -2.69. The van der Waals surface area contributed by atoms with Crippen LogP contribution in [0.3, 0.4) is 0 Å². The molecule has 1 aromatic carbocycles. The lowest BCUT2D eigenvalue weighted by Gasteiger charge is -2.49. The minimum absolute atomic E-state index is 0.511. The molecule has 5 heteroatoms. The Hall–Kier alpha value is -0.980. The van der Waals surface area contributed by atoms with Crippen LogP contribution in [0.4, 0.5) is 0 Å². The molecule has 1 N–H and O–H groups in total. The van der Waals surface area contributed by atoms with Crippen LogP contribution < -0.4 is 5.32 Å². The maximum absolute atomic E-state index is 5.86. The van der Waals surface area contributed by atoms with Crippen LogP contribution in [0.1, 0.15) is 5.56 Å². The van der Waals surface area contributed by atoms with Gasteiger partial charge in [0, 0.05) is 33.4 Å². The molecule has 0 amide bonds. The number of nitrogens with one attached hydrogen (secondary N) is 1. The van der Waals surface area contributed by atoms with Crippen LogP contribution in [-0.4, -0.2) is 40.4 Å². The Labute approximate surface area is 107 Å². The number of hydrogen-bond acceptors (Lipinski definition) is 5. The van der Waals surface area contributed by atoms with Crippen LogP contribution in [0.5, 0.6) is 0 Å². The van der Waals surface area contributed by atoms with Crippen LogP contribution in [0.2, 0.25) is 0 Å². The zero-order valence-corrected chi connectivity index (χ0v) is 10.9. The van der Waals surface area contributed by atoms with Crippen LogP contribution in [0.15, 0.2) is 30.3 Å². The Bertz CT molecular complexity index is 380. The molecule has 100 valence electrons. The first-order valence-corrected chi connectivity index (χ1v) is 5.84. The standard InChI is InChI=1S/C13H19NO4/c1-15-12(11-7-5-4-6-8-11)13(16-2,17-3)14-9-10-18-12/h4-8,14H,9-10H2,1-3H3. The molecule has 1 heterocycles. The number of morpholine rings is 1. The molecular formula is C13H19NO4. The van der Waals surface area contributed by atoms with Gasteiger partial charge in [0.2, 0.25) is 0 Å². The van der Waals surface area contributed by atoms with E-state index in [9.17, 15) is 0 Å². The van der Waals surface area contributed by atoms with Crippen molar-refractivity contribution in [2.24, 2.45) is 0 Å². The molecule has 0 radical (unpaired) electrons. The van der Waals surface area contributed by atoms with E-state index in [1.165, 1.54) is 0 Å². The molecule has 1 fully saturated rings. The third kappa shape index (κ3) is 1.84. The summed E-state index contributed by atoms with van der Waals surface area (Å²) in [4.78, 5) is 0. The fourth-order valence-corrected chi connectivity index (χ4v) is 2.36. The van der Waals surface area contributed by atoms with Gasteiger partial charge in [0.05, 0.1) is 6.61 Å². The number of rotatable bonds is 4. The maximum atomic E-state index is 5.86. The first-order chi connectivity index (χ1) is 8.74. The monoisotopic (exact) mass is 253 g/mol. The summed E-state index contributed by atoms with van der Waals surface area (Å²) in [6, 6.07) is 9.62. The van der Waals surface area contributed by atoms with Crippen molar-refractivity contribution >= 4 is 0 Å². The maximum Gasteiger partial charge on any atom is 0.289 e. The first kappa shape index (κ1) is 13.5. The van der Waals surface area contributed by atoms with E-state index in [-0.39, 0.29) is 0 Å². The quantitative estimate of drug-likeness (QED) is 0.813. The van der Waals surface area contributed by atoms with Gasteiger partial charge in [-0.15, -0.1) is 0 Å². The average Bonchev–Trinajstić information content (AvgIpc) is 2.47. The summed E-state index contributed by atoms with van der Waals surface area (Å²) in [5.41, 5.74) is 0.836. The molecule has 0 saturated carbocycles. The predicted molar refractivity (Wildman–Crippen MR) is 65.8 cm³/mol. The minimum atomic E-state index is -1.17. The zero-order chi connectivity index (χ0) is 13.1.